The fraction of sp³-hybridized carbons (Fsp3) is 0.500. The van der Waals surface area contributed by atoms with Crippen molar-refractivity contribution >= 4 is 30.0 Å². The van der Waals surface area contributed by atoms with Gasteiger partial charge in [-0.2, -0.15) is 0 Å². The summed E-state index contributed by atoms with van der Waals surface area (Å²) in [5.74, 6) is -0.257. The largest absolute Gasteiger partial charge is 0.471 e. The van der Waals surface area contributed by atoms with E-state index in [2.05, 4.69) is 65.3 Å². The number of aromatic nitrogens is 2. The first kappa shape index (κ1) is 22.5. The third-order valence-corrected chi connectivity index (χ3v) is 9.95. The Morgan fingerprint density at radius 1 is 1.29 bits per heavy atom. The molecule has 0 atom stereocenters. The number of nitrogens with zero attached hydrogens (tertiary/aromatic N) is 3. The highest BCUT2D eigenvalue weighted by Gasteiger charge is 2.37. The molecule has 0 aliphatic heterocycles. The van der Waals surface area contributed by atoms with Crippen LogP contribution in [-0.2, 0) is 10.8 Å². The monoisotopic (exact) mass is 473 g/mol. The number of ether oxygens (including phenoxy) is 1. The van der Waals surface area contributed by atoms with E-state index in [1.54, 1.807) is 12.1 Å². The third kappa shape index (κ3) is 5.61. The van der Waals surface area contributed by atoms with Gasteiger partial charge in [0, 0.05) is 6.42 Å². The van der Waals surface area contributed by atoms with Crippen molar-refractivity contribution in [1.82, 2.24) is 10.3 Å². The summed E-state index contributed by atoms with van der Waals surface area (Å²) in [6.07, 6.45) is 0.195. The Labute approximate surface area is 173 Å². The molecule has 0 aliphatic carbocycles. The first-order valence-corrected chi connectivity index (χ1v) is 12.5. The van der Waals surface area contributed by atoms with Crippen molar-refractivity contribution in [3.63, 3.8) is 0 Å². The highest BCUT2D eigenvalue weighted by Crippen LogP contribution is 2.36. The number of rotatable bonds is 8. The summed E-state index contributed by atoms with van der Waals surface area (Å²) in [6, 6.07) is 4.51. The molecule has 28 heavy (non-hydrogen) atoms. The fourth-order valence-electron chi connectivity index (χ4n) is 2.11. The number of benzene rings is 1. The van der Waals surface area contributed by atoms with Crippen molar-refractivity contribution in [3.05, 3.63) is 39.7 Å². The zero-order valence-corrected chi connectivity index (χ0v) is 19.2. The van der Waals surface area contributed by atoms with E-state index in [1.165, 1.54) is 6.07 Å². The van der Waals surface area contributed by atoms with E-state index in [0.717, 1.165) is 5.56 Å². The summed E-state index contributed by atoms with van der Waals surface area (Å²) in [5.41, 5.74) is 1.10. The maximum Gasteiger partial charge on any atom is 0.285 e. The molecular weight excluding hydrogens is 449 g/mol. The van der Waals surface area contributed by atoms with Gasteiger partial charge >= 0.3 is 0 Å². The maximum absolute atomic E-state index is 13.4. The lowest BCUT2D eigenvalue weighted by atomic mass is 10.1. The molecule has 0 fully saturated rings. The van der Waals surface area contributed by atoms with E-state index in [9.17, 15) is 9.60 Å². The van der Waals surface area contributed by atoms with E-state index in [0.29, 0.717) is 11.1 Å². The minimum Gasteiger partial charge on any atom is -0.471 e. The fourth-order valence-corrected chi connectivity index (χ4v) is 3.57. The lowest BCUT2D eigenvalue weighted by Crippen LogP contribution is -2.41. The van der Waals surface area contributed by atoms with Crippen molar-refractivity contribution in [2.75, 3.05) is 13.2 Å². The van der Waals surface area contributed by atoms with Crippen LogP contribution >= 0.6 is 15.9 Å². The predicted octanol–water partition coefficient (Wildman–Crippen LogP) is 4.79. The van der Waals surface area contributed by atoms with Gasteiger partial charge in [-0.05, 0) is 62.1 Å². The summed E-state index contributed by atoms with van der Waals surface area (Å²) in [5, 5.41) is 20.3. The summed E-state index contributed by atoms with van der Waals surface area (Å²) in [6.45, 7) is 11.5. The maximum atomic E-state index is 13.4. The number of hydrogen-bond donors (Lipinski definition) is 1. The molecule has 0 radical (unpaired) electrons. The molecule has 1 aromatic carbocycles. The standard InChI is InChI=1S/C18H25BrFN3O4Si/c1-18(2,3)28(4,5)26-9-8-25-17-16(22-27-23-17)15(21-24)11-12-6-7-14(20)13(19)10-12/h6-7,10,24H,8-9,11H2,1-5H3. The second kappa shape index (κ2) is 9.14. The summed E-state index contributed by atoms with van der Waals surface area (Å²) >= 11 is 3.13. The Kier molecular flexibility index (Phi) is 7.35. The Bertz CT molecular complexity index is 836. The molecule has 1 aromatic heterocycles. The highest BCUT2D eigenvalue weighted by atomic mass is 79.9. The van der Waals surface area contributed by atoms with Crippen LogP contribution in [0.1, 0.15) is 32.0 Å². The quantitative estimate of drug-likeness (QED) is 0.195. The normalized spacial score (nSPS) is 13.0. The van der Waals surface area contributed by atoms with Crippen molar-refractivity contribution in [2.24, 2.45) is 5.16 Å². The molecule has 1 N–H and O–H groups in total. The molecule has 0 spiro atoms. The zero-order chi connectivity index (χ0) is 20.9. The minimum atomic E-state index is -1.87. The second-order valence-corrected chi connectivity index (χ2v) is 13.5. The SMILES string of the molecule is CC(C)(C)[Si](C)(C)OCCOc1nonc1C(Cc1ccc(F)c(Br)c1)=NO. The molecule has 2 rings (SSSR count). The summed E-state index contributed by atoms with van der Waals surface area (Å²) < 4.78 is 30.1. The smallest absolute Gasteiger partial charge is 0.285 e. The molecule has 1 heterocycles. The van der Waals surface area contributed by atoms with E-state index in [1.807, 2.05) is 0 Å². The second-order valence-electron chi connectivity index (χ2n) is 7.85. The first-order chi connectivity index (χ1) is 13.0. The van der Waals surface area contributed by atoms with E-state index in [-0.39, 0.29) is 41.2 Å². The van der Waals surface area contributed by atoms with Crippen LogP contribution in [0.3, 0.4) is 0 Å². The lowest BCUT2D eigenvalue weighted by Gasteiger charge is -2.36. The van der Waals surface area contributed by atoms with Crippen LogP contribution in [0.15, 0.2) is 32.5 Å². The number of halogens is 2. The molecule has 0 amide bonds. The summed E-state index contributed by atoms with van der Waals surface area (Å²) in [4.78, 5) is 0. The van der Waals surface area contributed by atoms with E-state index < -0.39 is 8.32 Å². The van der Waals surface area contributed by atoms with Gasteiger partial charge in [0.15, 0.2) is 14.0 Å². The molecular formula is C18H25BrFN3O4Si. The first-order valence-electron chi connectivity index (χ1n) is 8.79. The average Bonchev–Trinajstić information content (AvgIpc) is 3.07. The molecule has 0 aliphatic rings. The summed E-state index contributed by atoms with van der Waals surface area (Å²) in [7, 11) is -1.87. The van der Waals surface area contributed by atoms with E-state index >= 15 is 0 Å². The van der Waals surface area contributed by atoms with Crippen molar-refractivity contribution in [2.45, 2.75) is 45.3 Å². The van der Waals surface area contributed by atoms with Gasteiger partial charge in [0.05, 0.1) is 11.1 Å². The van der Waals surface area contributed by atoms with Gasteiger partial charge in [0.25, 0.3) is 5.88 Å². The molecule has 0 unspecified atom stereocenters. The Balaban J connectivity index is 2.00. The predicted molar refractivity (Wildman–Crippen MR) is 109 cm³/mol. The van der Waals surface area contributed by atoms with Gasteiger partial charge < -0.3 is 14.4 Å². The van der Waals surface area contributed by atoms with Crippen molar-refractivity contribution in [1.29, 1.82) is 0 Å². The Hall–Kier alpha value is -1.78. The average molecular weight is 474 g/mol. The molecule has 0 bridgehead atoms. The zero-order valence-electron chi connectivity index (χ0n) is 16.6. The minimum absolute atomic E-state index is 0.105. The van der Waals surface area contributed by atoms with Gasteiger partial charge in [0.1, 0.15) is 18.1 Å². The van der Waals surface area contributed by atoms with Crippen molar-refractivity contribution in [3.8, 4) is 5.88 Å². The molecule has 154 valence electrons. The number of oxime groups is 1. The van der Waals surface area contributed by atoms with Gasteiger partial charge in [-0.3, -0.25) is 0 Å². The van der Waals surface area contributed by atoms with Gasteiger partial charge in [-0.25, -0.2) is 9.02 Å². The van der Waals surface area contributed by atoms with Crippen LogP contribution in [0.2, 0.25) is 18.1 Å². The Morgan fingerprint density at radius 3 is 2.61 bits per heavy atom. The molecule has 10 heteroatoms. The van der Waals surface area contributed by atoms with Crippen LogP contribution in [0.4, 0.5) is 4.39 Å². The van der Waals surface area contributed by atoms with Gasteiger partial charge in [-0.15, -0.1) is 0 Å². The van der Waals surface area contributed by atoms with Crippen LogP contribution in [0.25, 0.3) is 0 Å². The van der Waals surface area contributed by atoms with Crippen LogP contribution in [0, 0.1) is 5.82 Å². The highest BCUT2D eigenvalue weighted by molar-refractivity contribution is 9.10. The lowest BCUT2D eigenvalue weighted by molar-refractivity contribution is 0.189. The van der Waals surface area contributed by atoms with E-state index in [4.69, 9.17) is 13.8 Å². The van der Waals surface area contributed by atoms with Gasteiger partial charge in [0.2, 0.25) is 0 Å². The molecule has 0 saturated carbocycles. The molecule has 2 aromatic rings. The third-order valence-electron chi connectivity index (χ3n) is 4.80. The Morgan fingerprint density at radius 2 is 2.00 bits per heavy atom. The van der Waals surface area contributed by atoms with Crippen molar-refractivity contribution < 1.29 is 23.4 Å². The van der Waals surface area contributed by atoms with Crippen LogP contribution < -0.4 is 4.74 Å². The molecule has 0 saturated heterocycles. The number of hydrogen-bond acceptors (Lipinski definition) is 7. The van der Waals surface area contributed by atoms with Gasteiger partial charge in [-0.1, -0.05) is 32.0 Å². The van der Waals surface area contributed by atoms with Crippen LogP contribution in [-0.4, -0.2) is 42.8 Å². The topological polar surface area (TPSA) is 90.0 Å². The van der Waals surface area contributed by atoms with Crippen LogP contribution in [0.5, 0.6) is 5.88 Å². The molecule has 7 nitrogen and oxygen atoms in total.